The number of carbonyl (C=O) groups excluding carboxylic acids is 1. The number of aromatic nitrogens is 2. The molecule has 0 aliphatic heterocycles. The van der Waals surface area contributed by atoms with E-state index in [1.165, 1.54) is 12.1 Å². The van der Waals surface area contributed by atoms with Crippen molar-refractivity contribution in [2.45, 2.75) is 26.6 Å². The number of aryl methyl sites for hydroxylation is 2. The van der Waals surface area contributed by atoms with E-state index >= 15 is 0 Å². The Morgan fingerprint density at radius 1 is 1.10 bits per heavy atom. The molecule has 0 aliphatic carbocycles. The zero-order chi connectivity index (χ0) is 21.7. The van der Waals surface area contributed by atoms with Crippen molar-refractivity contribution in [2.24, 2.45) is 0 Å². The molecule has 158 valence electrons. The van der Waals surface area contributed by atoms with Crippen LogP contribution < -0.4 is 10.1 Å². The number of halogens is 3. The van der Waals surface area contributed by atoms with E-state index in [9.17, 15) is 18.0 Å². The SMILES string of the molecule is Cc1cc(C)n(Cc2cccc(C(=O)NCCOc3cccc(C(F)(F)F)c3)c2)n1. The summed E-state index contributed by atoms with van der Waals surface area (Å²) in [6.45, 7) is 4.67. The summed E-state index contributed by atoms with van der Waals surface area (Å²) in [5.41, 5.74) is 2.63. The van der Waals surface area contributed by atoms with Crippen LogP contribution in [0.25, 0.3) is 0 Å². The Balaban J connectivity index is 1.52. The molecule has 1 N–H and O–H groups in total. The van der Waals surface area contributed by atoms with Crippen LogP contribution >= 0.6 is 0 Å². The minimum atomic E-state index is -4.42. The smallest absolute Gasteiger partial charge is 0.416 e. The highest BCUT2D eigenvalue weighted by atomic mass is 19.4. The Hall–Kier alpha value is -3.29. The van der Waals surface area contributed by atoms with Gasteiger partial charge >= 0.3 is 6.18 Å². The lowest BCUT2D eigenvalue weighted by Gasteiger charge is -2.11. The minimum Gasteiger partial charge on any atom is -0.492 e. The molecule has 8 heteroatoms. The van der Waals surface area contributed by atoms with Crippen molar-refractivity contribution >= 4 is 5.91 Å². The maximum Gasteiger partial charge on any atom is 0.416 e. The van der Waals surface area contributed by atoms with Gasteiger partial charge in [-0.2, -0.15) is 18.3 Å². The van der Waals surface area contributed by atoms with Gasteiger partial charge in [-0.15, -0.1) is 0 Å². The predicted octanol–water partition coefficient (Wildman–Crippen LogP) is 4.38. The number of hydrogen-bond donors (Lipinski definition) is 1. The van der Waals surface area contributed by atoms with Gasteiger partial charge in [0.1, 0.15) is 12.4 Å². The third kappa shape index (κ3) is 5.62. The Morgan fingerprint density at radius 3 is 2.57 bits per heavy atom. The highest BCUT2D eigenvalue weighted by Crippen LogP contribution is 2.31. The predicted molar refractivity (Wildman–Crippen MR) is 107 cm³/mol. The molecule has 0 saturated carbocycles. The minimum absolute atomic E-state index is 0.0541. The molecule has 0 fully saturated rings. The first-order chi connectivity index (χ1) is 14.2. The lowest BCUT2D eigenvalue weighted by Crippen LogP contribution is -2.28. The molecule has 0 bridgehead atoms. The van der Waals surface area contributed by atoms with Gasteiger partial charge in [0.05, 0.1) is 24.3 Å². The van der Waals surface area contributed by atoms with Gasteiger partial charge in [-0.3, -0.25) is 9.48 Å². The van der Waals surface area contributed by atoms with Crippen molar-refractivity contribution in [3.05, 3.63) is 82.7 Å². The van der Waals surface area contributed by atoms with Crippen molar-refractivity contribution in [3.63, 3.8) is 0 Å². The molecule has 3 aromatic rings. The standard InChI is InChI=1S/C22H22F3N3O2/c1-15-11-16(2)28(27-15)14-17-5-3-6-18(12-17)21(29)26-9-10-30-20-8-4-7-19(13-20)22(23,24)25/h3-8,11-13H,9-10,14H2,1-2H3,(H,26,29). The summed E-state index contributed by atoms with van der Waals surface area (Å²) in [4.78, 5) is 12.4. The molecule has 0 atom stereocenters. The first kappa shape index (κ1) is 21.4. The van der Waals surface area contributed by atoms with E-state index in [1.54, 1.807) is 18.2 Å². The molecule has 1 aromatic heterocycles. The van der Waals surface area contributed by atoms with Gasteiger partial charge in [-0.05, 0) is 55.8 Å². The van der Waals surface area contributed by atoms with Crippen molar-refractivity contribution < 1.29 is 22.7 Å². The highest BCUT2D eigenvalue weighted by Gasteiger charge is 2.30. The van der Waals surface area contributed by atoms with Gasteiger partial charge in [0.2, 0.25) is 0 Å². The summed E-state index contributed by atoms with van der Waals surface area (Å²) in [5, 5.41) is 7.13. The van der Waals surface area contributed by atoms with Gasteiger partial charge in [-0.25, -0.2) is 0 Å². The summed E-state index contributed by atoms with van der Waals surface area (Å²) < 4.78 is 45.4. The average molecular weight is 417 g/mol. The second-order valence-corrected chi connectivity index (χ2v) is 6.92. The van der Waals surface area contributed by atoms with Crippen LogP contribution in [-0.2, 0) is 12.7 Å². The zero-order valence-corrected chi connectivity index (χ0v) is 16.7. The van der Waals surface area contributed by atoms with Crippen molar-refractivity contribution in [3.8, 4) is 5.75 Å². The second-order valence-electron chi connectivity index (χ2n) is 6.92. The van der Waals surface area contributed by atoms with Crippen molar-refractivity contribution in [1.29, 1.82) is 0 Å². The first-order valence-electron chi connectivity index (χ1n) is 9.40. The number of nitrogens with one attached hydrogen (secondary N) is 1. The summed E-state index contributed by atoms with van der Waals surface area (Å²) >= 11 is 0. The van der Waals surface area contributed by atoms with E-state index in [0.717, 1.165) is 29.1 Å². The van der Waals surface area contributed by atoms with E-state index in [-0.39, 0.29) is 24.8 Å². The van der Waals surface area contributed by atoms with Gasteiger partial charge < -0.3 is 10.1 Å². The van der Waals surface area contributed by atoms with Gasteiger partial charge in [-0.1, -0.05) is 18.2 Å². The van der Waals surface area contributed by atoms with Crippen LogP contribution in [0.3, 0.4) is 0 Å². The molecule has 1 heterocycles. The molecule has 0 aliphatic rings. The number of benzene rings is 2. The summed E-state index contributed by atoms with van der Waals surface area (Å²) in [6, 6.07) is 13.8. The van der Waals surface area contributed by atoms with Crippen LogP contribution in [0.15, 0.2) is 54.6 Å². The van der Waals surface area contributed by atoms with Gasteiger partial charge in [0.25, 0.3) is 5.91 Å². The van der Waals surface area contributed by atoms with Crippen LogP contribution in [0.1, 0.15) is 32.9 Å². The molecule has 0 radical (unpaired) electrons. The second kappa shape index (κ2) is 9.02. The Bertz CT molecular complexity index is 1030. The lowest BCUT2D eigenvalue weighted by molar-refractivity contribution is -0.137. The van der Waals surface area contributed by atoms with Crippen molar-refractivity contribution in [1.82, 2.24) is 15.1 Å². The molecule has 1 amide bonds. The quantitative estimate of drug-likeness (QED) is 0.581. The van der Waals surface area contributed by atoms with E-state index in [4.69, 9.17) is 4.74 Å². The Labute approximate surface area is 172 Å². The molecule has 5 nitrogen and oxygen atoms in total. The zero-order valence-electron chi connectivity index (χ0n) is 16.7. The van der Waals surface area contributed by atoms with E-state index in [2.05, 4.69) is 10.4 Å². The maximum absolute atomic E-state index is 12.7. The highest BCUT2D eigenvalue weighted by molar-refractivity contribution is 5.94. The molecular weight excluding hydrogens is 395 g/mol. The number of alkyl halides is 3. The van der Waals surface area contributed by atoms with E-state index in [1.807, 2.05) is 30.7 Å². The Morgan fingerprint density at radius 2 is 1.87 bits per heavy atom. The van der Waals surface area contributed by atoms with Crippen LogP contribution in [0.2, 0.25) is 0 Å². The summed E-state index contributed by atoms with van der Waals surface area (Å²) in [6.07, 6.45) is -4.42. The molecule has 30 heavy (non-hydrogen) atoms. The lowest BCUT2D eigenvalue weighted by atomic mass is 10.1. The van der Waals surface area contributed by atoms with E-state index in [0.29, 0.717) is 12.1 Å². The topological polar surface area (TPSA) is 56.2 Å². The number of hydrogen-bond acceptors (Lipinski definition) is 3. The Kier molecular flexibility index (Phi) is 6.44. The molecular formula is C22H22F3N3O2. The number of amides is 1. The van der Waals surface area contributed by atoms with E-state index < -0.39 is 11.7 Å². The fourth-order valence-corrected chi connectivity index (χ4v) is 3.02. The fraction of sp³-hybridized carbons (Fsp3) is 0.273. The summed E-state index contributed by atoms with van der Waals surface area (Å²) in [7, 11) is 0. The average Bonchev–Trinajstić information content (AvgIpc) is 3.01. The van der Waals surface area contributed by atoms with Crippen LogP contribution in [0, 0.1) is 13.8 Å². The number of ether oxygens (including phenoxy) is 1. The van der Waals surface area contributed by atoms with Crippen LogP contribution in [0.4, 0.5) is 13.2 Å². The monoisotopic (exact) mass is 417 g/mol. The maximum atomic E-state index is 12.7. The first-order valence-corrected chi connectivity index (χ1v) is 9.40. The number of nitrogens with zero attached hydrogens (tertiary/aromatic N) is 2. The molecule has 0 spiro atoms. The third-order valence-corrected chi connectivity index (χ3v) is 4.44. The number of rotatable bonds is 7. The number of carbonyl (C=O) groups is 1. The van der Waals surface area contributed by atoms with Crippen molar-refractivity contribution in [2.75, 3.05) is 13.2 Å². The summed E-state index contributed by atoms with van der Waals surface area (Å²) in [5.74, 6) is -0.177. The van der Waals surface area contributed by atoms with Gasteiger partial charge in [0.15, 0.2) is 0 Å². The molecule has 0 saturated heterocycles. The molecule has 3 rings (SSSR count). The fourth-order valence-electron chi connectivity index (χ4n) is 3.02. The van der Waals surface area contributed by atoms with Crippen LogP contribution in [0.5, 0.6) is 5.75 Å². The van der Waals surface area contributed by atoms with Crippen LogP contribution in [-0.4, -0.2) is 28.8 Å². The third-order valence-electron chi connectivity index (χ3n) is 4.44. The normalized spacial score (nSPS) is 11.4. The largest absolute Gasteiger partial charge is 0.492 e. The van der Waals surface area contributed by atoms with Gasteiger partial charge in [0, 0.05) is 11.3 Å². The molecule has 2 aromatic carbocycles. The molecule has 0 unspecified atom stereocenters.